The molecule has 0 bridgehead atoms. The summed E-state index contributed by atoms with van der Waals surface area (Å²) >= 11 is 6.01. The summed E-state index contributed by atoms with van der Waals surface area (Å²) in [6, 6.07) is 7.07. The minimum absolute atomic E-state index is 0.262. The van der Waals surface area contributed by atoms with E-state index >= 15 is 0 Å². The molecule has 0 unspecified atom stereocenters. The maximum atomic E-state index is 12.1. The highest BCUT2D eigenvalue weighted by atomic mass is 35.5. The maximum Gasteiger partial charge on any atom is 0.274 e. The Balaban J connectivity index is 2.23. The molecule has 1 aromatic carbocycles. The summed E-state index contributed by atoms with van der Waals surface area (Å²) in [7, 11) is 0. The topological polar surface area (TPSA) is 54.9 Å². The SMILES string of the molecule is CCc1cc(C(=O)Nc2cccc(Cl)c2C)ncn1. The van der Waals surface area contributed by atoms with E-state index in [0.29, 0.717) is 16.4 Å². The summed E-state index contributed by atoms with van der Waals surface area (Å²) in [5, 5.41) is 3.43. The second-order valence-corrected chi connectivity index (χ2v) is 4.52. The summed E-state index contributed by atoms with van der Waals surface area (Å²) < 4.78 is 0. The van der Waals surface area contributed by atoms with Crippen molar-refractivity contribution in [3.63, 3.8) is 0 Å². The van der Waals surface area contributed by atoms with Crippen molar-refractivity contribution >= 4 is 23.2 Å². The smallest absolute Gasteiger partial charge is 0.274 e. The van der Waals surface area contributed by atoms with Crippen LogP contribution in [0.2, 0.25) is 5.02 Å². The minimum Gasteiger partial charge on any atom is -0.320 e. The largest absolute Gasteiger partial charge is 0.320 e. The highest BCUT2D eigenvalue weighted by Crippen LogP contribution is 2.23. The molecular formula is C14H14ClN3O. The van der Waals surface area contributed by atoms with Crippen LogP contribution in [0.1, 0.15) is 28.7 Å². The number of aryl methyl sites for hydroxylation is 1. The standard InChI is InChI=1S/C14H14ClN3O/c1-3-10-7-13(17-8-16-10)14(19)18-12-6-4-5-11(15)9(12)2/h4-8H,3H2,1-2H3,(H,18,19). The van der Waals surface area contributed by atoms with E-state index in [9.17, 15) is 4.79 Å². The highest BCUT2D eigenvalue weighted by Gasteiger charge is 2.10. The Kier molecular flexibility index (Phi) is 4.12. The average Bonchev–Trinajstić information content (AvgIpc) is 2.44. The van der Waals surface area contributed by atoms with Crippen molar-refractivity contribution in [2.45, 2.75) is 20.3 Å². The number of rotatable bonds is 3. The van der Waals surface area contributed by atoms with Crippen molar-refractivity contribution in [2.75, 3.05) is 5.32 Å². The molecule has 0 saturated heterocycles. The molecule has 0 atom stereocenters. The van der Waals surface area contributed by atoms with Crippen LogP contribution in [0.25, 0.3) is 0 Å². The number of aromatic nitrogens is 2. The van der Waals surface area contributed by atoms with E-state index in [1.807, 2.05) is 13.8 Å². The first kappa shape index (κ1) is 13.5. The molecule has 1 heterocycles. The van der Waals surface area contributed by atoms with Crippen LogP contribution in [0.5, 0.6) is 0 Å². The first-order valence-electron chi connectivity index (χ1n) is 5.99. The first-order chi connectivity index (χ1) is 9.11. The number of nitrogens with zero attached hydrogens (tertiary/aromatic N) is 2. The summed E-state index contributed by atoms with van der Waals surface area (Å²) in [6.07, 6.45) is 2.16. The van der Waals surface area contributed by atoms with Gasteiger partial charge in [0.05, 0.1) is 0 Å². The third-order valence-electron chi connectivity index (χ3n) is 2.83. The van der Waals surface area contributed by atoms with E-state index in [-0.39, 0.29) is 5.91 Å². The fourth-order valence-electron chi connectivity index (χ4n) is 1.64. The summed E-state index contributed by atoms with van der Waals surface area (Å²) in [6.45, 7) is 3.83. The van der Waals surface area contributed by atoms with Gasteiger partial charge in [-0.3, -0.25) is 4.79 Å². The van der Waals surface area contributed by atoms with Crippen LogP contribution < -0.4 is 5.32 Å². The van der Waals surface area contributed by atoms with Gasteiger partial charge in [0.2, 0.25) is 0 Å². The zero-order valence-corrected chi connectivity index (χ0v) is 11.5. The van der Waals surface area contributed by atoms with Gasteiger partial charge in [-0.2, -0.15) is 0 Å². The fraction of sp³-hybridized carbons (Fsp3) is 0.214. The Morgan fingerprint density at radius 3 is 2.89 bits per heavy atom. The van der Waals surface area contributed by atoms with Crippen molar-refractivity contribution in [2.24, 2.45) is 0 Å². The lowest BCUT2D eigenvalue weighted by atomic mass is 10.2. The second-order valence-electron chi connectivity index (χ2n) is 4.11. The Morgan fingerprint density at radius 2 is 2.16 bits per heavy atom. The molecule has 0 aliphatic heterocycles. The van der Waals surface area contributed by atoms with Gasteiger partial charge in [0.1, 0.15) is 12.0 Å². The van der Waals surface area contributed by atoms with Crippen LogP contribution in [-0.4, -0.2) is 15.9 Å². The molecule has 0 saturated carbocycles. The number of hydrogen-bond donors (Lipinski definition) is 1. The molecule has 0 fully saturated rings. The lowest BCUT2D eigenvalue weighted by Crippen LogP contribution is -2.15. The van der Waals surface area contributed by atoms with Crippen LogP contribution in [0, 0.1) is 6.92 Å². The number of benzene rings is 1. The van der Waals surface area contributed by atoms with Gasteiger partial charge in [0.25, 0.3) is 5.91 Å². The van der Waals surface area contributed by atoms with Crippen LogP contribution >= 0.6 is 11.6 Å². The highest BCUT2D eigenvalue weighted by molar-refractivity contribution is 6.31. The van der Waals surface area contributed by atoms with Gasteiger partial charge in [0.15, 0.2) is 0 Å². The molecule has 1 N–H and O–H groups in total. The molecule has 0 radical (unpaired) electrons. The van der Waals surface area contributed by atoms with Crippen LogP contribution in [0.4, 0.5) is 5.69 Å². The van der Waals surface area contributed by atoms with Crippen molar-refractivity contribution in [1.82, 2.24) is 9.97 Å². The number of anilines is 1. The molecule has 2 rings (SSSR count). The molecular weight excluding hydrogens is 262 g/mol. The summed E-state index contributed by atoms with van der Waals surface area (Å²) in [4.78, 5) is 20.1. The Morgan fingerprint density at radius 1 is 1.37 bits per heavy atom. The van der Waals surface area contributed by atoms with Crippen molar-refractivity contribution in [3.05, 3.63) is 52.6 Å². The molecule has 5 heteroatoms. The van der Waals surface area contributed by atoms with Gasteiger partial charge >= 0.3 is 0 Å². The summed E-state index contributed by atoms with van der Waals surface area (Å²) in [5.74, 6) is -0.262. The molecule has 19 heavy (non-hydrogen) atoms. The quantitative estimate of drug-likeness (QED) is 0.935. The molecule has 0 aliphatic carbocycles. The van der Waals surface area contributed by atoms with Gasteiger partial charge in [0, 0.05) is 16.4 Å². The zero-order chi connectivity index (χ0) is 13.8. The third-order valence-corrected chi connectivity index (χ3v) is 3.24. The second kappa shape index (κ2) is 5.80. The van der Waals surface area contributed by atoms with Gasteiger partial charge in [-0.25, -0.2) is 9.97 Å². The van der Waals surface area contributed by atoms with Crippen LogP contribution in [0.3, 0.4) is 0 Å². The predicted molar refractivity (Wildman–Crippen MR) is 75.6 cm³/mol. The van der Waals surface area contributed by atoms with Crippen molar-refractivity contribution in [1.29, 1.82) is 0 Å². The molecule has 0 spiro atoms. The van der Waals surface area contributed by atoms with E-state index in [4.69, 9.17) is 11.6 Å². The maximum absolute atomic E-state index is 12.1. The normalized spacial score (nSPS) is 10.3. The number of amides is 1. The lowest BCUT2D eigenvalue weighted by Gasteiger charge is -2.09. The average molecular weight is 276 g/mol. The molecule has 98 valence electrons. The van der Waals surface area contributed by atoms with Gasteiger partial charge in [-0.15, -0.1) is 0 Å². The molecule has 1 aromatic heterocycles. The minimum atomic E-state index is -0.262. The molecule has 4 nitrogen and oxygen atoms in total. The molecule has 2 aromatic rings. The Labute approximate surface area is 116 Å². The fourth-order valence-corrected chi connectivity index (χ4v) is 1.82. The van der Waals surface area contributed by atoms with Crippen LogP contribution in [-0.2, 0) is 6.42 Å². The van der Waals surface area contributed by atoms with Crippen molar-refractivity contribution < 1.29 is 4.79 Å². The van der Waals surface area contributed by atoms with Gasteiger partial charge in [-0.05, 0) is 37.1 Å². The first-order valence-corrected chi connectivity index (χ1v) is 6.37. The van der Waals surface area contributed by atoms with E-state index in [1.54, 1.807) is 24.3 Å². The van der Waals surface area contributed by atoms with Gasteiger partial charge < -0.3 is 5.32 Å². The van der Waals surface area contributed by atoms with E-state index in [0.717, 1.165) is 17.7 Å². The number of nitrogens with one attached hydrogen (secondary N) is 1. The van der Waals surface area contributed by atoms with E-state index in [1.165, 1.54) is 6.33 Å². The van der Waals surface area contributed by atoms with Gasteiger partial charge in [-0.1, -0.05) is 24.6 Å². The summed E-state index contributed by atoms with van der Waals surface area (Å²) in [5.41, 5.74) is 2.71. The van der Waals surface area contributed by atoms with E-state index in [2.05, 4.69) is 15.3 Å². The monoisotopic (exact) mass is 275 g/mol. The number of halogens is 1. The van der Waals surface area contributed by atoms with Crippen molar-refractivity contribution in [3.8, 4) is 0 Å². The zero-order valence-electron chi connectivity index (χ0n) is 10.8. The predicted octanol–water partition coefficient (Wildman–Crippen LogP) is 3.25. The number of carbonyl (C=O) groups excluding carboxylic acids is 1. The lowest BCUT2D eigenvalue weighted by molar-refractivity contribution is 0.102. The third kappa shape index (κ3) is 3.09. The van der Waals surface area contributed by atoms with E-state index < -0.39 is 0 Å². The molecule has 1 amide bonds. The molecule has 0 aliphatic rings. The Bertz CT molecular complexity index is 613. The van der Waals surface area contributed by atoms with Crippen LogP contribution in [0.15, 0.2) is 30.6 Å². The Hall–Kier alpha value is -1.94. The number of carbonyl (C=O) groups is 1. The number of hydrogen-bond acceptors (Lipinski definition) is 3.